The van der Waals surface area contributed by atoms with Gasteiger partial charge in [0.1, 0.15) is 5.60 Å². The van der Waals surface area contributed by atoms with Crippen molar-refractivity contribution < 1.29 is 14.3 Å². The first-order valence-corrected chi connectivity index (χ1v) is 8.02. The van der Waals surface area contributed by atoms with E-state index in [0.29, 0.717) is 12.5 Å². The summed E-state index contributed by atoms with van der Waals surface area (Å²) in [6.45, 7) is 12.7. The molecule has 0 saturated heterocycles. The van der Waals surface area contributed by atoms with Crippen LogP contribution in [-0.4, -0.2) is 18.4 Å². The van der Waals surface area contributed by atoms with Crippen molar-refractivity contribution >= 4 is 6.16 Å². The van der Waals surface area contributed by atoms with Crippen molar-refractivity contribution in [1.29, 1.82) is 0 Å². The molecule has 3 heteroatoms. The van der Waals surface area contributed by atoms with E-state index in [-0.39, 0.29) is 0 Å². The molecule has 1 atom stereocenters. The van der Waals surface area contributed by atoms with Crippen molar-refractivity contribution in [3.8, 4) is 0 Å². The third-order valence-electron chi connectivity index (χ3n) is 3.75. The molecule has 118 valence electrons. The summed E-state index contributed by atoms with van der Waals surface area (Å²) in [6.07, 6.45) is 8.06. The van der Waals surface area contributed by atoms with Crippen LogP contribution in [0.1, 0.15) is 72.6 Å². The maximum Gasteiger partial charge on any atom is 0.509 e. The number of unbranched alkanes of at least 4 members (excludes halogenated alkanes) is 2. The van der Waals surface area contributed by atoms with Gasteiger partial charge in [0.2, 0.25) is 0 Å². The van der Waals surface area contributed by atoms with Crippen LogP contribution in [0.15, 0.2) is 12.7 Å². The van der Waals surface area contributed by atoms with Gasteiger partial charge in [0.25, 0.3) is 0 Å². The van der Waals surface area contributed by atoms with Gasteiger partial charge in [-0.15, -0.1) is 0 Å². The lowest BCUT2D eigenvalue weighted by molar-refractivity contribution is -0.0248. The summed E-state index contributed by atoms with van der Waals surface area (Å²) in [7, 11) is 0. The number of carbonyl (C=O) groups excluding carboxylic acids is 1. The zero-order chi connectivity index (χ0) is 15.4. The Labute approximate surface area is 124 Å². The third-order valence-corrected chi connectivity index (χ3v) is 3.75. The van der Waals surface area contributed by atoms with Crippen LogP contribution >= 0.6 is 0 Å². The fourth-order valence-electron chi connectivity index (χ4n) is 1.95. The molecule has 0 heterocycles. The normalized spacial score (nSPS) is 12.8. The predicted molar refractivity (Wildman–Crippen MR) is 83.9 cm³/mol. The fourth-order valence-corrected chi connectivity index (χ4v) is 1.95. The molecule has 0 rings (SSSR count). The SMILES string of the molecule is C=CC(CCCC)(CCCC)OC(=O)OCC(C)CC. The average molecular weight is 284 g/mol. The predicted octanol–water partition coefficient (Wildman–Crippen LogP) is 5.49. The molecule has 0 spiro atoms. The molecule has 0 saturated carbocycles. The van der Waals surface area contributed by atoms with Crippen molar-refractivity contribution in [1.82, 2.24) is 0 Å². The molecule has 0 N–H and O–H groups in total. The number of rotatable bonds is 11. The molecule has 0 aliphatic carbocycles. The molecule has 1 unspecified atom stereocenters. The van der Waals surface area contributed by atoms with E-state index >= 15 is 0 Å². The highest BCUT2D eigenvalue weighted by Crippen LogP contribution is 2.28. The lowest BCUT2D eigenvalue weighted by Crippen LogP contribution is -2.33. The Morgan fingerprint density at radius 2 is 1.75 bits per heavy atom. The molecular formula is C17H32O3. The van der Waals surface area contributed by atoms with Crippen LogP contribution < -0.4 is 0 Å². The van der Waals surface area contributed by atoms with E-state index in [1.165, 1.54) is 0 Å². The lowest BCUT2D eigenvalue weighted by Gasteiger charge is -2.30. The largest absolute Gasteiger partial charge is 0.509 e. The zero-order valence-corrected chi connectivity index (χ0v) is 13.7. The number of hydrogen-bond acceptors (Lipinski definition) is 3. The summed E-state index contributed by atoms with van der Waals surface area (Å²) in [6, 6.07) is 0. The zero-order valence-electron chi connectivity index (χ0n) is 13.7. The third kappa shape index (κ3) is 7.56. The molecule has 3 nitrogen and oxygen atoms in total. The summed E-state index contributed by atoms with van der Waals surface area (Å²) in [4.78, 5) is 11.9. The maximum atomic E-state index is 11.9. The van der Waals surface area contributed by atoms with Gasteiger partial charge in [0.05, 0.1) is 6.61 Å². The van der Waals surface area contributed by atoms with Crippen LogP contribution in [0.5, 0.6) is 0 Å². The summed E-state index contributed by atoms with van der Waals surface area (Å²) in [5.41, 5.74) is -0.557. The van der Waals surface area contributed by atoms with Gasteiger partial charge >= 0.3 is 6.16 Å². The summed E-state index contributed by atoms with van der Waals surface area (Å²) < 4.78 is 10.8. The molecule has 0 aromatic rings. The number of ether oxygens (including phenoxy) is 2. The highest BCUT2D eigenvalue weighted by Gasteiger charge is 2.30. The standard InChI is InChI=1S/C17H32O3/c1-6-10-12-17(9-4,13-11-7-2)20-16(18)19-14-15(5)8-3/h9,15H,4,6-8,10-14H2,1-3,5H3. The Kier molecular flexibility index (Phi) is 10.2. The first kappa shape index (κ1) is 19.0. The molecule has 0 radical (unpaired) electrons. The van der Waals surface area contributed by atoms with Crippen LogP contribution in [0, 0.1) is 5.92 Å². The molecule has 0 aliphatic heterocycles. The van der Waals surface area contributed by atoms with E-state index in [0.717, 1.165) is 44.9 Å². The molecule has 0 aliphatic rings. The second-order valence-corrected chi connectivity index (χ2v) is 5.65. The van der Waals surface area contributed by atoms with Crippen molar-refractivity contribution in [2.75, 3.05) is 6.61 Å². The van der Waals surface area contributed by atoms with Crippen LogP contribution in [0.4, 0.5) is 4.79 Å². The minimum Gasteiger partial charge on any atom is -0.434 e. The van der Waals surface area contributed by atoms with Gasteiger partial charge in [-0.25, -0.2) is 4.79 Å². The van der Waals surface area contributed by atoms with E-state index in [4.69, 9.17) is 9.47 Å². The van der Waals surface area contributed by atoms with Gasteiger partial charge in [0, 0.05) is 0 Å². The van der Waals surface area contributed by atoms with E-state index in [1.54, 1.807) is 6.08 Å². The van der Waals surface area contributed by atoms with Gasteiger partial charge in [-0.2, -0.15) is 0 Å². The number of carbonyl (C=O) groups is 1. The van der Waals surface area contributed by atoms with Crippen molar-refractivity contribution in [3.05, 3.63) is 12.7 Å². The lowest BCUT2D eigenvalue weighted by atomic mass is 9.91. The van der Waals surface area contributed by atoms with E-state index in [9.17, 15) is 4.79 Å². The van der Waals surface area contributed by atoms with Crippen molar-refractivity contribution in [2.24, 2.45) is 5.92 Å². The van der Waals surface area contributed by atoms with Gasteiger partial charge in [-0.3, -0.25) is 0 Å². The van der Waals surface area contributed by atoms with Crippen LogP contribution in [0.3, 0.4) is 0 Å². The van der Waals surface area contributed by atoms with E-state index < -0.39 is 11.8 Å². The molecular weight excluding hydrogens is 252 g/mol. The van der Waals surface area contributed by atoms with E-state index in [1.807, 2.05) is 0 Å². The Bertz CT molecular complexity index is 265. The average Bonchev–Trinajstić information content (AvgIpc) is 2.47. The topological polar surface area (TPSA) is 35.5 Å². The van der Waals surface area contributed by atoms with Crippen LogP contribution in [0.2, 0.25) is 0 Å². The second-order valence-electron chi connectivity index (χ2n) is 5.65. The minimum atomic E-state index is -0.558. The fraction of sp³-hybridized carbons (Fsp3) is 0.824. The highest BCUT2D eigenvalue weighted by atomic mass is 16.7. The van der Waals surface area contributed by atoms with Crippen LogP contribution in [-0.2, 0) is 9.47 Å². The molecule has 0 aromatic heterocycles. The summed E-state index contributed by atoms with van der Waals surface area (Å²) >= 11 is 0. The highest BCUT2D eigenvalue weighted by molar-refractivity contribution is 5.61. The monoisotopic (exact) mass is 284 g/mol. The van der Waals surface area contributed by atoms with Gasteiger partial charge in [0.15, 0.2) is 0 Å². The summed E-state index contributed by atoms with van der Waals surface area (Å²) in [5, 5.41) is 0. The number of hydrogen-bond donors (Lipinski definition) is 0. The van der Waals surface area contributed by atoms with Gasteiger partial charge in [-0.05, 0) is 37.7 Å². The molecule has 0 bridgehead atoms. The Hall–Kier alpha value is -0.990. The maximum absolute atomic E-state index is 11.9. The van der Waals surface area contributed by atoms with Crippen LogP contribution in [0.25, 0.3) is 0 Å². The molecule has 20 heavy (non-hydrogen) atoms. The van der Waals surface area contributed by atoms with Gasteiger partial charge < -0.3 is 9.47 Å². The Morgan fingerprint density at radius 3 is 2.15 bits per heavy atom. The first-order valence-electron chi connectivity index (χ1n) is 8.02. The first-order chi connectivity index (χ1) is 9.53. The minimum absolute atomic E-state index is 0.368. The smallest absolute Gasteiger partial charge is 0.434 e. The molecule has 0 fully saturated rings. The molecule has 0 amide bonds. The molecule has 0 aromatic carbocycles. The Morgan fingerprint density at radius 1 is 1.20 bits per heavy atom. The second kappa shape index (κ2) is 10.8. The summed E-state index contributed by atoms with van der Waals surface area (Å²) in [5.74, 6) is 0.368. The van der Waals surface area contributed by atoms with E-state index in [2.05, 4.69) is 34.3 Å². The Balaban J connectivity index is 4.51. The van der Waals surface area contributed by atoms with Gasteiger partial charge in [-0.1, -0.05) is 53.5 Å². The quantitative estimate of drug-likeness (QED) is 0.371. The van der Waals surface area contributed by atoms with Crippen molar-refractivity contribution in [3.63, 3.8) is 0 Å². The van der Waals surface area contributed by atoms with Crippen molar-refractivity contribution in [2.45, 2.75) is 78.2 Å².